The highest BCUT2D eigenvalue weighted by Crippen LogP contribution is 2.33. The first-order valence-corrected chi connectivity index (χ1v) is 8.43. The Labute approximate surface area is 152 Å². The summed E-state index contributed by atoms with van der Waals surface area (Å²) in [6.45, 7) is 7.44. The van der Waals surface area contributed by atoms with Gasteiger partial charge in [0.05, 0.1) is 0 Å². The molecular formula is C21H22N2O3. The Balaban J connectivity index is 2.00. The lowest BCUT2D eigenvalue weighted by Gasteiger charge is -2.21. The molecule has 0 aliphatic heterocycles. The number of aromatic hydroxyl groups is 1. The molecule has 0 radical (unpaired) electrons. The molecule has 134 valence electrons. The maximum Gasteiger partial charge on any atom is 0.274 e. The van der Waals surface area contributed by atoms with Crippen molar-refractivity contribution in [3.63, 3.8) is 0 Å². The van der Waals surface area contributed by atoms with Gasteiger partial charge in [-0.1, -0.05) is 18.2 Å². The number of carbonyl (C=O) groups excluding carboxylic acids is 1. The largest absolute Gasteiger partial charge is 0.505 e. The van der Waals surface area contributed by atoms with Crippen molar-refractivity contribution in [1.82, 2.24) is 10.3 Å². The summed E-state index contributed by atoms with van der Waals surface area (Å²) in [6.07, 6.45) is 0. The fraction of sp³-hybridized carbons (Fsp3) is 0.238. The summed E-state index contributed by atoms with van der Waals surface area (Å²) in [6, 6.07) is 14.8. The third-order valence-corrected chi connectivity index (χ3v) is 3.82. The van der Waals surface area contributed by atoms with E-state index in [-0.39, 0.29) is 11.4 Å². The van der Waals surface area contributed by atoms with Crippen molar-refractivity contribution in [3.05, 3.63) is 59.9 Å². The van der Waals surface area contributed by atoms with Gasteiger partial charge in [0.15, 0.2) is 11.4 Å². The number of pyridine rings is 1. The summed E-state index contributed by atoms with van der Waals surface area (Å²) in [5.41, 5.74) is 0.263. The fourth-order valence-corrected chi connectivity index (χ4v) is 2.68. The molecule has 0 fully saturated rings. The van der Waals surface area contributed by atoms with Crippen molar-refractivity contribution < 1.29 is 14.6 Å². The first-order chi connectivity index (χ1) is 12.2. The molecule has 0 unspecified atom stereocenters. The smallest absolute Gasteiger partial charge is 0.274 e. The van der Waals surface area contributed by atoms with E-state index in [9.17, 15) is 9.90 Å². The Morgan fingerprint density at radius 1 is 1.04 bits per heavy atom. The number of benzene rings is 2. The number of hydrogen-bond donors (Lipinski definition) is 2. The number of rotatable bonds is 3. The van der Waals surface area contributed by atoms with Crippen LogP contribution < -0.4 is 10.1 Å². The van der Waals surface area contributed by atoms with Crippen molar-refractivity contribution in [2.45, 2.75) is 33.2 Å². The Kier molecular flexibility index (Phi) is 4.55. The lowest BCUT2D eigenvalue weighted by Crippen LogP contribution is -2.41. The molecule has 2 aromatic carbocycles. The lowest BCUT2D eigenvalue weighted by molar-refractivity contribution is 0.0911. The molecule has 1 aromatic heterocycles. The van der Waals surface area contributed by atoms with Crippen LogP contribution in [0.1, 0.15) is 37.0 Å². The third-order valence-electron chi connectivity index (χ3n) is 3.82. The normalized spacial score (nSPS) is 11.4. The molecule has 3 aromatic rings. The predicted octanol–water partition coefficient (Wildman–Crippen LogP) is 4.57. The van der Waals surface area contributed by atoms with Crippen LogP contribution >= 0.6 is 0 Å². The maximum absolute atomic E-state index is 12.4. The topological polar surface area (TPSA) is 71.5 Å². The van der Waals surface area contributed by atoms with Gasteiger partial charge in [-0.25, -0.2) is 4.98 Å². The zero-order chi connectivity index (χ0) is 18.9. The number of fused-ring (bicyclic) bond motifs is 1. The molecule has 0 saturated carbocycles. The molecule has 0 atom stereocenters. The summed E-state index contributed by atoms with van der Waals surface area (Å²) in [5, 5.41) is 14.7. The van der Waals surface area contributed by atoms with E-state index in [1.807, 2.05) is 64.1 Å². The van der Waals surface area contributed by atoms with E-state index in [1.165, 1.54) is 0 Å². The summed E-state index contributed by atoms with van der Waals surface area (Å²) >= 11 is 0. The molecule has 26 heavy (non-hydrogen) atoms. The van der Waals surface area contributed by atoms with Gasteiger partial charge in [0.2, 0.25) is 0 Å². The fourth-order valence-electron chi connectivity index (χ4n) is 2.68. The molecule has 1 amide bonds. The minimum absolute atomic E-state index is 0.0293. The molecule has 0 bridgehead atoms. The van der Waals surface area contributed by atoms with Crippen molar-refractivity contribution in [1.29, 1.82) is 0 Å². The van der Waals surface area contributed by atoms with E-state index >= 15 is 0 Å². The minimum Gasteiger partial charge on any atom is -0.505 e. The van der Waals surface area contributed by atoms with Crippen LogP contribution in [0.15, 0.2) is 48.5 Å². The van der Waals surface area contributed by atoms with E-state index in [2.05, 4.69) is 10.3 Å². The van der Waals surface area contributed by atoms with Gasteiger partial charge in [0.1, 0.15) is 11.5 Å². The molecule has 0 aliphatic rings. The van der Waals surface area contributed by atoms with Crippen LogP contribution in [-0.2, 0) is 0 Å². The first-order valence-electron chi connectivity index (χ1n) is 8.43. The second-order valence-corrected chi connectivity index (χ2v) is 7.22. The summed E-state index contributed by atoms with van der Waals surface area (Å²) in [7, 11) is 0. The highest BCUT2D eigenvalue weighted by molar-refractivity contribution is 6.02. The molecule has 0 saturated heterocycles. The first kappa shape index (κ1) is 17.7. The van der Waals surface area contributed by atoms with Crippen LogP contribution in [0.2, 0.25) is 0 Å². The van der Waals surface area contributed by atoms with Crippen LogP contribution in [-0.4, -0.2) is 21.5 Å². The van der Waals surface area contributed by atoms with Crippen molar-refractivity contribution in [2.75, 3.05) is 0 Å². The molecule has 0 spiro atoms. The van der Waals surface area contributed by atoms with Crippen LogP contribution in [0.25, 0.3) is 10.8 Å². The third kappa shape index (κ3) is 3.77. The molecule has 0 aliphatic carbocycles. The summed E-state index contributed by atoms with van der Waals surface area (Å²) in [4.78, 5) is 16.7. The standard InChI is InChI=1S/C21H22N2O3/c1-13-17-12-15(26-14-8-6-5-7-9-14)10-11-16(17)19(24)18(22-13)20(25)23-21(2,3)4/h5-12,24H,1-4H3,(H,23,25). The van der Waals surface area contributed by atoms with Gasteiger partial charge in [-0.2, -0.15) is 0 Å². The predicted molar refractivity (Wildman–Crippen MR) is 102 cm³/mol. The zero-order valence-corrected chi connectivity index (χ0v) is 15.3. The molecule has 3 rings (SSSR count). The SMILES string of the molecule is Cc1nc(C(=O)NC(C)(C)C)c(O)c2ccc(Oc3ccccc3)cc12. The van der Waals surface area contributed by atoms with E-state index in [1.54, 1.807) is 12.1 Å². The second-order valence-electron chi connectivity index (χ2n) is 7.22. The van der Waals surface area contributed by atoms with Gasteiger partial charge in [0.25, 0.3) is 5.91 Å². The number of ether oxygens (including phenoxy) is 1. The average Bonchev–Trinajstić information content (AvgIpc) is 2.57. The number of amides is 1. The number of aromatic nitrogens is 1. The van der Waals surface area contributed by atoms with Crippen molar-refractivity contribution >= 4 is 16.7 Å². The van der Waals surface area contributed by atoms with Gasteiger partial charge < -0.3 is 15.2 Å². The number of nitrogens with one attached hydrogen (secondary N) is 1. The highest BCUT2D eigenvalue weighted by atomic mass is 16.5. The molecule has 1 heterocycles. The minimum atomic E-state index is -0.415. The molecule has 5 nitrogen and oxygen atoms in total. The molecule has 5 heteroatoms. The Bertz CT molecular complexity index is 960. The summed E-state index contributed by atoms with van der Waals surface area (Å²) in [5.74, 6) is 0.839. The number of hydrogen-bond acceptors (Lipinski definition) is 4. The monoisotopic (exact) mass is 350 g/mol. The van der Waals surface area contributed by atoms with E-state index in [0.717, 1.165) is 11.1 Å². The molecule has 2 N–H and O–H groups in total. The van der Waals surface area contributed by atoms with Crippen LogP contribution in [0.5, 0.6) is 17.2 Å². The maximum atomic E-state index is 12.4. The average molecular weight is 350 g/mol. The van der Waals surface area contributed by atoms with Crippen LogP contribution in [0.4, 0.5) is 0 Å². The highest BCUT2D eigenvalue weighted by Gasteiger charge is 2.22. The Morgan fingerprint density at radius 3 is 2.38 bits per heavy atom. The van der Waals surface area contributed by atoms with Gasteiger partial charge in [-0.05, 0) is 58.0 Å². The van der Waals surface area contributed by atoms with E-state index < -0.39 is 11.4 Å². The van der Waals surface area contributed by atoms with Gasteiger partial charge in [0, 0.05) is 22.0 Å². The van der Waals surface area contributed by atoms with Crippen LogP contribution in [0.3, 0.4) is 0 Å². The van der Waals surface area contributed by atoms with Gasteiger partial charge >= 0.3 is 0 Å². The number of aryl methyl sites for hydroxylation is 1. The van der Waals surface area contributed by atoms with E-state index in [4.69, 9.17) is 4.74 Å². The quantitative estimate of drug-likeness (QED) is 0.726. The Morgan fingerprint density at radius 2 is 1.73 bits per heavy atom. The van der Waals surface area contributed by atoms with Gasteiger partial charge in [-0.3, -0.25) is 4.79 Å². The number of carbonyl (C=O) groups is 1. The second kappa shape index (κ2) is 6.67. The van der Waals surface area contributed by atoms with Crippen LogP contribution in [0, 0.1) is 6.92 Å². The van der Waals surface area contributed by atoms with E-state index in [0.29, 0.717) is 16.8 Å². The number of para-hydroxylation sites is 1. The number of nitrogens with zero attached hydrogens (tertiary/aromatic N) is 1. The molecular weight excluding hydrogens is 328 g/mol. The van der Waals surface area contributed by atoms with Crippen molar-refractivity contribution in [3.8, 4) is 17.2 Å². The Hall–Kier alpha value is -3.08. The summed E-state index contributed by atoms with van der Waals surface area (Å²) < 4.78 is 5.84. The van der Waals surface area contributed by atoms with Gasteiger partial charge in [-0.15, -0.1) is 0 Å². The lowest BCUT2D eigenvalue weighted by atomic mass is 10.1. The van der Waals surface area contributed by atoms with Crippen molar-refractivity contribution in [2.24, 2.45) is 0 Å². The zero-order valence-electron chi connectivity index (χ0n) is 15.3.